The molecule has 0 N–H and O–H groups in total. The highest BCUT2D eigenvalue weighted by Crippen LogP contribution is 2.75. The van der Waals surface area contributed by atoms with Crippen molar-refractivity contribution in [2.24, 2.45) is 0 Å². The molecular weight excluding hydrogens is 260 g/mol. The third kappa shape index (κ3) is 2.15. The minimum atomic E-state index is -1.43. The summed E-state index contributed by atoms with van der Waals surface area (Å²) >= 11 is 0. The lowest BCUT2D eigenvalue weighted by molar-refractivity contribution is 1.39. The van der Waals surface area contributed by atoms with Gasteiger partial charge in [0.15, 0.2) is 0 Å². The lowest BCUT2D eigenvalue weighted by Crippen LogP contribution is -2.67. The molecule has 0 aliphatic rings. The molecule has 0 saturated heterocycles. The third-order valence-corrected chi connectivity index (χ3v) is 82.9. The van der Waals surface area contributed by atoms with Crippen molar-refractivity contribution in [3.8, 4) is 0 Å². The molecule has 0 bridgehead atoms. The fraction of sp³-hybridized carbons (Fsp3) is 1.00. The van der Waals surface area contributed by atoms with Gasteiger partial charge in [0.25, 0.3) is 0 Å². The summed E-state index contributed by atoms with van der Waals surface area (Å²) in [5, 5.41) is 0. The van der Waals surface area contributed by atoms with Gasteiger partial charge in [0.2, 0.25) is 0 Å². The Bertz CT molecular complexity index is 266. The van der Waals surface area contributed by atoms with Crippen LogP contribution in [0.5, 0.6) is 0 Å². The monoisotopic (exact) mass is 296 g/mol. The smallest absolute Gasteiger partial charge is 0.0715 e. The Balaban J connectivity index is 5.82. The average molecular weight is 297 g/mol. The standard InChI is InChI=1S/C12H36SSi3/c1-12-15(8,9)16(10,11)13(2,3,4)14(5,6)7/h13H,12H2,1-11H3. The van der Waals surface area contributed by atoms with Crippen LogP contribution in [0.4, 0.5) is 0 Å². The van der Waals surface area contributed by atoms with Gasteiger partial charge in [-0.3, -0.25) is 0 Å². The van der Waals surface area contributed by atoms with Crippen LogP contribution in [0, 0.1) is 0 Å². The molecule has 0 unspecified atom stereocenters. The summed E-state index contributed by atoms with van der Waals surface area (Å²) in [6.07, 6.45) is 8.19. The summed E-state index contributed by atoms with van der Waals surface area (Å²) in [4.78, 5) is 0. The maximum Gasteiger partial charge on any atom is 0.0715 e. The lowest BCUT2D eigenvalue weighted by Gasteiger charge is -2.73. The molecule has 0 aliphatic carbocycles. The summed E-state index contributed by atoms with van der Waals surface area (Å²) < 4.78 is 0. The predicted octanol–water partition coefficient (Wildman–Crippen LogP) is 4.80. The number of hydrogen-bond donors (Lipinski definition) is 1. The van der Waals surface area contributed by atoms with Crippen LogP contribution in [-0.4, -0.2) is 40.3 Å². The summed E-state index contributed by atoms with van der Waals surface area (Å²) in [7, 11) is -3.47. The van der Waals surface area contributed by atoms with Crippen molar-refractivity contribution >= 4 is 29.6 Å². The quantitative estimate of drug-likeness (QED) is 0.559. The second-order valence-corrected chi connectivity index (χ2v) is 53.5. The van der Waals surface area contributed by atoms with Gasteiger partial charge < -0.3 is 8.06 Å². The minimum Gasteiger partial charge on any atom is -0.305 e. The van der Waals surface area contributed by atoms with Crippen molar-refractivity contribution < 1.29 is 0 Å². The van der Waals surface area contributed by atoms with Gasteiger partial charge in [0.05, 0.1) is 14.0 Å². The maximum absolute atomic E-state index is 2.73. The van der Waals surface area contributed by atoms with E-state index in [1.807, 2.05) is 0 Å². The first-order valence-electron chi connectivity index (χ1n) is 6.60. The molecule has 0 amide bonds. The molecule has 0 aliphatic heterocycles. The van der Waals surface area contributed by atoms with E-state index in [9.17, 15) is 0 Å². The molecule has 0 fully saturated rings. The first kappa shape index (κ1) is 17.0. The van der Waals surface area contributed by atoms with Gasteiger partial charge in [0, 0.05) is 7.59 Å². The fourth-order valence-corrected chi connectivity index (χ4v) is 73.8. The molecule has 0 radical (unpaired) electrons. The van der Waals surface area contributed by atoms with E-state index < -0.39 is 29.6 Å². The summed E-state index contributed by atoms with van der Waals surface area (Å²) in [5.41, 5.74) is 0. The molecule has 16 heavy (non-hydrogen) atoms. The minimum absolute atomic E-state index is 0.991. The Labute approximate surface area is 107 Å². The molecule has 0 aromatic rings. The van der Waals surface area contributed by atoms with Crippen LogP contribution in [-0.2, 0) is 0 Å². The van der Waals surface area contributed by atoms with E-state index in [2.05, 4.69) is 71.5 Å². The fourth-order valence-electron chi connectivity index (χ4n) is 2.33. The molecule has 4 heteroatoms. The van der Waals surface area contributed by atoms with Crippen molar-refractivity contribution in [2.75, 3.05) is 18.8 Å². The van der Waals surface area contributed by atoms with Crippen molar-refractivity contribution in [3.63, 3.8) is 0 Å². The van der Waals surface area contributed by atoms with Crippen LogP contribution < -0.4 is 0 Å². The topological polar surface area (TPSA) is 0 Å². The van der Waals surface area contributed by atoms with Crippen LogP contribution in [0.1, 0.15) is 6.92 Å². The second kappa shape index (κ2) is 4.00. The van der Waals surface area contributed by atoms with Gasteiger partial charge in [-0.05, 0) is 0 Å². The molecule has 0 heterocycles. The molecule has 0 aromatic carbocycles. The second-order valence-electron chi connectivity index (χ2n) is 8.76. The van der Waals surface area contributed by atoms with Crippen LogP contribution in [0.2, 0.25) is 51.9 Å². The molecule has 0 nitrogen and oxygen atoms in total. The Morgan fingerprint density at radius 1 is 0.750 bits per heavy atom. The van der Waals surface area contributed by atoms with Gasteiger partial charge in [-0.25, -0.2) is 0 Å². The zero-order chi connectivity index (χ0) is 13.7. The van der Waals surface area contributed by atoms with E-state index in [4.69, 9.17) is 0 Å². The number of thiol groups is 1. The van der Waals surface area contributed by atoms with Crippen molar-refractivity contribution in [1.29, 1.82) is 0 Å². The van der Waals surface area contributed by atoms with Crippen molar-refractivity contribution in [1.82, 2.24) is 0 Å². The third-order valence-electron chi connectivity index (χ3n) is 6.84. The van der Waals surface area contributed by atoms with Gasteiger partial charge in [-0.1, -0.05) is 77.6 Å². The molecule has 0 atom stereocenters. The molecule has 0 saturated carbocycles. The van der Waals surface area contributed by atoms with Crippen molar-refractivity contribution in [3.05, 3.63) is 0 Å². The number of rotatable bonds is 4. The van der Waals surface area contributed by atoms with E-state index in [1.165, 1.54) is 6.04 Å². The van der Waals surface area contributed by atoms with E-state index >= 15 is 0 Å². The largest absolute Gasteiger partial charge is 0.305 e. The Morgan fingerprint density at radius 2 is 1.06 bits per heavy atom. The SMILES string of the molecule is CC[Si](C)(C)[Si](C)(C)[SH](C)(C)(C)[Si](C)(C)C. The first-order chi connectivity index (χ1) is 6.60. The first-order valence-corrected chi connectivity index (χ1v) is 22.6. The Kier molecular flexibility index (Phi) is 4.25. The van der Waals surface area contributed by atoms with Crippen LogP contribution >= 0.6 is 8.06 Å². The van der Waals surface area contributed by atoms with Gasteiger partial charge in [-0.15, -0.1) is 0 Å². The van der Waals surface area contributed by atoms with Gasteiger partial charge in [0.1, 0.15) is 0 Å². The van der Waals surface area contributed by atoms with E-state index in [1.54, 1.807) is 0 Å². The Hall–Kier alpha value is 1.00. The number of hydrogen-bond acceptors (Lipinski definition) is 0. The van der Waals surface area contributed by atoms with Crippen LogP contribution in [0.25, 0.3) is 0 Å². The molecule has 102 valence electrons. The molecule has 0 spiro atoms. The summed E-state index contributed by atoms with van der Waals surface area (Å²) in [5.74, 6) is 0. The lowest BCUT2D eigenvalue weighted by atomic mass is 11.0. The summed E-state index contributed by atoms with van der Waals surface area (Å²) in [6, 6.07) is 1.48. The maximum atomic E-state index is 2.73. The molecule has 0 rings (SSSR count). The van der Waals surface area contributed by atoms with Gasteiger partial charge in [-0.2, -0.15) is 0 Å². The normalized spacial score (nSPS) is 18.1. The van der Waals surface area contributed by atoms with E-state index in [0.29, 0.717) is 0 Å². The highest BCUT2D eigenvalue weighted by atomic mass is 32.7. The zero-order valence-electron chi connectivity index (χ0n) is 13.7. The predicted molar refractivity (Wildman–Crippen MR) is 95.5 cm³/mol. The van der Waals surface area contributed by atoms with Crippen LogP contribution in [0.15, 0.2) is 0 Å². The van der Waals surface area contributed by atoms with E-state index in [-0.39, 0.29) is 0 Å². The highest BCUT2D eigenvalue weighted by molar-refractivity contribution is 8.88. The van der Waals surface area contributed by atoms with Crippen molar-refractivity contribution in [2.45, 2.75) is 58.8 Å². The van der Waals surface area contributed by atoms with Gasteiger partial charge >= 0.3 is 0 Å². The molecular formula is C12H36SSi3. The molecule has 0 aromatic heterocycles. The van der Waals surface area contributed by atoms with E-state index in [0.717, 1.165) is 0 Å². The highest BCUT2D eigenvalue weighted by Gasteiger charge is 2.58. The van der Waals surface area contributed by atoms with Crippen LogP contribution in [0.3, 0.4) is 0 Å². The average Bonchev–Trinajstić information content (AvgIpc) is 2.00. The summed E-state index contributed by atoms with van der Waals surface area (Å²) in [6.45, 7) is 20.0. The Morgan fingerprint density at radius 3 is 1.25 bits per heavy atom. The zero-order valence-corrected chi connectivity index (χ0v) is 17.5.